The molecule has 0 aliphatic heterocycles. The monoisotopic (exact) mass is 510 g/mol. The maximum absolute atomic E-state index is 12.8. The number of benzene rings is 2. The van der Waals surface area contributed by atoms with Crippen LogP contribution in [0.15, 0.2) is 48.8 Å². The third-order valence-corrected chi connectivity index (χ3v) is 6.21. The van der Waals surface area contributed by atoms with E-state index < -0.39 is 5.97 Å². The van der Waals surface area contributed by atoms with E-state index in [4.69, 9.17) is 9.47 Å². The van der Waals surface area contributed by atoms with Crippen LogP contribution < -0.4 is 9.47 Å². The first kappa shape index (κ1) is 28.3. The summed E-state index contributed by atoms with van der Waals surface area (Å²) in [6, 6.07) is 13.8. The van der Waals surface area contributed by atoms with Gasteiger partial charge < -0.3 is 9.47 Å². The zero-order valence-electron chi connectivity index (χ0n) is 22.2. The lowest BCUT2D eigenvalue weighted by Crippen LogP contribution is -2.10. The summed E-state index contributed by atoms with van der Waals surface area (Å²) in [7, 11) is 0. The minimum Gasteiger partial charge on any atom is -0.492 e. The molecule has 1 heterocycles. The number of hydrogen-bond acceptors (Lipinski definition) is 7. The number of aryl methyl sites for hydroxylation is 1. The zero-order valence-corrected chi connectivity index (χ0v) is 22.2. The number of rotatable bonds is 14. The van der Waals surface area contributed by atoms with E-state index in [0.717, 1.165) is 43.2 Å². The maximum Gasteiger partial charge on any atom is 0.343 e. The number of unbranched alkanes of at least 4 members (excludes halogenated alkanes) is 6. The molecule has 0 unspecified atom stereocenters. The number of ether oxygens (including phenoxy) is 2. The van der Waals surface area contributed by atoms with Crippen molar-refractivity contribution < 1.29 is 14.3 Å². The van der Waals surface area contributed by atoms with Gasteiger partial charge in [0.15, 0.2) is 11.6 Å². The van der Waals surface area contributed by atoms with Gasteiger partial charge in [-0.2, -0.15) is 10.5 Å². The summed E-state index contributed by atoms with van der Waals surface area (Å²) in [5, 5.41) is 19.3. The summed E-state index contributed by atoms with van der Waals surface area (Å²) in [5.41, 5.74) is 2.24. The Bertz CT molecular complexity index is 1270. The van der Waals surface area contributed by atoms with Crippen molar-refractivity contribution in [2.24, 2.45) is 0 Å². The molecule has 0 aliphatic rings. The summed E-state index contributed by atoms with van der Waals surface area (Å²) in [5.74, 6) is 0.284. The molecule has 0 saturated heterocycles. The van der Waals surface area contributed by atoms with Crippen LogP contribution in [0.3, 0.4) is 0 Å². The average molecular weight is 511 g/mol. The molecule has 0 aliphatic carbocycles. The van der Waals surface area contributed by atoms with Crippen LogP contribution in [0.5, 0.6) is 11.5 Å². The molecule has 38 heavy (non-hydrogen) atoms. The quantitative estimate of drug-likeness (QED) is 0.128. The van der Waals surface area contributed by atoms with E-state index in [-0.39, 0.29) is 16.9 Å². The first-order valence-corrected chi connectivity index (χ1v) is 13.3. The van der Waals surface area contributed by atoms with Crippen LogP contribution in [-0.4, -0.2) is 22.5 Å². The van der Waals surface area contributed by atoms with Gasteiger partial charge in [0.05, 0.1) is 12.2 Å². The molecule has 0 N–H and O–H groups in total. The Morgan fingerprint density at radius 1 is 0.789 bits per heavy atom. The number of nitriles is 2. The molecule has 0 spiro atoms. The molecule has 196 valence electrons. The lowest BCUT2D eigenvalue weighted by molar-refractivity contribution is 0.0734. The van der Waals surface area contributed by atoms with Gasteiger partial charge in [-0.25, -0.2) is 14.8 Å². The summed E-state index contributed by atoms with van der Waals surface area (Å²) in [4.78, 5) is 21.8. The van der Waals surface area contributed by atoms with Crippen molar-refractivity contribution in [3.8, 4) is 35.0 Å². The minimum atomic E-state index is -0.632. The predicted octanol–water partition coefficient (Wildman–Crippen LogP) is 7.19. The standard InChI is InChI=1S/C31H34N4O3/c1-3-5-7-8-9-11-23-21-34-30(35-22-23)24-12-14-25(15-13-24)31(36)38-29-17-16-28(37-18-10-6-4-2)26(19-32)27(29)20-33/h12-17,21-22H,3-11,18H2,1-2H3. The smallest absolute Gasteiger partial charge is 0.343 e. The first-order chi connectivity index (χ1) is 18.6. The molecule has 0 radical (unpaired) electrons. The lowest BCUT2D eigenvalue weighted by atomic mass is 10.1. The van der Waals surface area contributed by atoms with Gasteiger partial charge in [0.25, 0.3) is 0 Å². The van der Waals surface area contributed by atoms with Crippen LogP contribution in [0, 0.1) is 22.7 Å². The van der Waals surface area contributed by atoms with Crippen LogP contribution in [0.2, 0.25) is 0 Å². The number of carbonyl (C=O) groups is 1. The Kier molecular flexibility index (Phi) is 11.3. The average Bonchev–Trinajstić information content (AvgIpc) is 2.95. The van der Waals surface area contributed by atoms with Gasteiger partial charge in [0.2, 0.25) is 0 Å². The SMILES string of the molecule is CCCCCCCc1cnc(-c2ccc(C(=O)Oc3ccc(OCCCCC)c(C#N)c3C#N)cc2)nc1. The topological polar surface area (TPSA) is 109 Å². The van der Waals surface area contributed by atoms with E-state index in [0.29, 0.717) is 23.7 Å². The van der Waals surface area contributed by atoms with Crippen molar-refractivity contribution in [3.63, 3.8) is 0 Å². The van der Waals surface area contributed by atoms with E-state index in [9.17, 15) is 15.3 Å². The van der Waals surface area contributed by atoms with Crippen LogP contribution >= 0.6 is 0 Å². The molecule has 7 nitrogen and oxygen atoms in total. The number of hydrogen-bond donors (Lipinski definition) is 0. The maximum atomic E-state index is 12.8. The molecular weight excluding hydrogens is 476 g/mol. The fraction of sp³-hybridized carbons (Fsp3) is 0.387. The number of aromatic nitrogens is 2. The van der Waals surface area contributed by atoms with Gasteiger partial charge in [-0.05, 0) is 49.1 Å². The van der Waals surface area contributed by atoms with E-state index in [1.54, 1.807) is 30.3 Å². The number of nitrogens with zero attached hydrogens (tertiary/aromatic N) is 4. The molecule has 0 atom stereocenters. The summed E-state index contributed by atoms with van der Waals surface area (Å²) < 4.78 is 11.2. The highest BCUT2D eigenvalue weighted by molar-refractivity contribution is 5.92. The van der Waals surface area contributed by atoms with E-state index in [1.807, 2.05) is 24.5 Å². The molecule has 0 amide bonds. The normalized spacial score (nSPS) is 10.4. The number of esters is 1. The molecule has 7 heteroatoms. The molecular formula is C31H34N4O3. The van der Waals surface area contributed by atoms with Gasteiger partial charge >= 0.3 is 5.97 Å². The van der Waals surface area contributed by atoms with Crippen LogP contribution in [0.4, 0.5) is 0 Å². The highest BCUT2D eigenvalue weighted by Gasteiger charge is 2.19. The highest BCUT2D eigenvalue weighted by Crippen LogP contribution is 2.30. The lowest BCUT2D eigenvalue weighted by Gasteiger charge is -2.12. The Labute approximate surface area is 225 Å². The second-order valence-electron chi connectivity index (χ2n) is 9.14. The molecule has 0 fully saturated rings. The van der Waals surface area contributed by atoms with Crippen molar-refractivity contribution in [1.29, 1.82) is 10.5 Å². The van der Waals surface area contributed by atoms with Gasteiger partial charge in [-0.15, -0.1) is 0 Å². The third-order valence-electron chi connectivity index (χ3n) is 6.21. The Morgan fingerprint density at radius 3 is 2.05 bits per heavy atom. The Balaban J connectivity index is 1.64. The van der Waals surface area contributed by atoms with E-state index >= 15 is 0 Å². The van der Waals surface area contributed by atoms with Crippen LogP contribution in [0.25, 0.3) is 11.4 Å². The van der Waals surface area contributed by atoms with Crippen molar-refractivity contribution in [3.05, 3.63) is 71.0 Å². The highest BCUT2D eigenvalue weighted by atomic mass is 16.5. The second-order valence-corrected chi connectivity index (χ2v) is 9.14. The second kappa shape index (κ2) is 15.1. The molecule has 1 aromatic heterocycles. The summed E-state index contributed by atoms with van der Waals surface area (Å²) >= 11 is 0. The summed E-state index contributed by atoms with van der Waals surface area (Å²) in [6.45, 7) is 4.75. The molecule has 0 saturated carbocycles. The van der Waals surface area contributed by atoms with Crippen molar-refractivity contribution in [2.45, 2.75) is 71.6 Å². The largest absolute Gasteiger partial charge is 0.492 e. The van der Waals surface area contributed by atoms with Crippen LogP contribution in [-0.2, 0) is 6.42 Å². The van der Waals surface area contributed by atoms with Crippen molar-refractivity contribution in [2.75, 3.05) is 6.61 Å². The van der Waals surface area contributed by atoms with Crippen molar-refractivity contribution >= 4 is 5.97 Å². The van der Waals surface area contributed by atoms with Crippen molar-refractivity contribution in [1.82, 2.24) is 9.97 Å². The van der Waals surface area contributed by atoms with Crippen LogP contribution in [0.1, 0.15) is 92.3 Å². The van der Waals surface area contributed by atoms with Gasteiger partial charge in [-0.3, -0.25) is 0 Å². The molecule has 3 rings (SSSR count). The van der Waals surface area contributed by atoms with E-state index in [2.05, 4.69) is 23.8 Å². The first-order valence-electron chi connectivity index (χ1n) is 13.3. The third kappa shape index (κ3) is 7.88. The zero-order chi connectivity index (χ0) is 27.2. The molecule has 3 aromatic rings. The predicted molar refractivity (Wildman–Crippen MR) is 146 cm³/mol. The number of carbonyl (C=O) groups excluding carboxylic acids is 1. The molecule has 2 aromatic carbocycles. The fourth-order valence-electron chi connectivity index (χ4n) is 4.01. The molecule has 0 bridgehead atoms. The van der Waals surface area contributed by atoms with Gasteiger partial charge in [-0.1, -0.05) is 64.5 Å². The summed E-state index contributed by atoms with van der Waals surface area (Å²) in [6.07, 6.45) is 13.7. The fourth-order valence-corrected chi connectivity index (χ4v) is 4.01. The van der Waals surface area contributed by atoms with Gasteiger partial charge in [0, 0.05) is 18.0 Å². The Morgan fingerprint density at radius 2 is 1.39 bits per heavy atom. The minimum absolute atomic E-state index is 0.0210. The Hall–Kier alpha value is -4.23. The van der Waals surface area contributed by atoms with Gasteiger partial charge in [0.1, 0.15) is 29.0 Å². The van der Waals surface area contributed by atoms with E-state index in [1.165, 1.54) is 31.7 Å².